The number of hydrogen-bond donors (Lipinski definition) is 3. The highest BCUT2D eigenvalue weighted by Crippen LogP contribution is 2.14. The van der Waals surface area contributed by atoms with E-state index in [1.54, 1.807) is 0 Å². The SMILES string of the molecule is O=C(O)CCCCCCCC[C@@H](O)CCCCCCCO. The second-order valence-electron chi connectivity index (χ2n) is 5.99. The van der Waals surface area contributed by atoms with Gasteiger partial charge in [-0.2, -0.15) is 0 Å². The topological polar surface area (TPSA) is 77.8 Å². The molecule has 0 bridgehead atoms. The van der Waals surface area contributed by atoms with Crippen molar-refractivity contribution in [1.29, 1.82) is 0 Å². The van der Waals surface area contributed by atoms with Gasteiger partial charge in [-0.15, -0.1) is 0 Å². The maximum Gasteiger partial charge on any atom is 0.303 e. The highest BCUT2D eigenvalue weighted by Gasteiger charge is 2.03. The molecule has 0 aromatic carbocycles. The molecule has 0 fully saturated rings. The third-order valence-electron chi connectivity index (χ3n) is 3.87. The van der Waals surface area contributed by atoms with Gasteiger partial charge in [0.05, 0.1) is 6.10 Å². The fourth-order valence-corrected chi connectivity index (χ4v) is 2.53. The number of carboxylic acids is 1. The summed E-state index contributed by atoms with van der Waals surface area (Å²) in [4.78, 5) is 10.3. The molecule has 0 aromatic rings. The Hall–Kier alpha value is -0.610. The van der Waals surface area contributed by atoms with Gasteiger partial charge in [0.1, 0.15) is 0 Å². The van der Waals surface area contributed by atoms with Crippen LogP contribution in [-0.4, -0.2) is 34.0 Å². The Labute approximate surface area is 129 Å². The molecule has 0 heterocycles. The van der Waals surface area contributed by atoms with E-state index in [2.05, 4.69) is 0 Å². The van der Waals surface area contributed by atoms with Gasteiger partial charge in [0.25, 0.3) is 0 Å². The number of rotatable bonds is 16. The van der Waals surface area contributed by atoms with Gasteiger partial charge in [0.15, 0.2) is 0 Å². The summed E-state index contributed by atoms with van der Waals surface area (Å²) in [6.07, 6.45) is 13.6. The van der Waals surface area contributed by atoms with Gasteiger partial charge in [0, 0.05) is 13.0 Å². The number of carboxylic acid groups (broad SMARTS) is 1. The zero-order valence-electron chi connectivity index (χ0n) is 13.4. The predicted octanol–water partition coefficient (Wildman–Crippen LogP) is 3.89. The Balaban J connectivity index is 3.15. The predicted molar refractivity (Wildman–Crippen MR) is 85.4 cm³/mol. The molecule has 0 saturated heterocycles. The maximum atomic E-state index is 10.3. The van der Waals surface area contributed by atoms with Crippen molar-refractivity contribution in [2.75, 3.05) is 6.61 Å². The second-order valence-corrected chi connectivity index (χ2v) is 5.99. The highest BCUT2D eigenvalue weighted by atomic mass is 16.4. The van der Waals surface area contributed by atoms with Crippen molar-refractivity contribution < 1.29 is 20.1 Å². The van der Waals surface area contributed by atoms with Crippen molar-refractivity contribution in [3.63, 3.8) is 0 Å². The molecule has 4 heteroatoms. The summed E-state index contributed by atoms with van der Waals surface area (Å²) < 4.78 is 0. The van der Waals surface area contributed by atoms with E-state index >= 15 is 0 Å². The molecule has 0 spiro atoms. The molecule has 1 atom stereocenters. The van der Waals surface area contributed by atoms with E-state index in [9.17, 15) is 9.90 Å². The van der Waals surface area contributed by atoms with Gasteiger partial charge in [0.2, 0.25) is 0 Å². The summed E-state index contributed by atoms with van der Waals surface area (Å²) in [5.74, 6) is -0.700. The van der Waals surface area contributed by atoms with Gasteiger partial charge in [-0.25, -0.2) is 0 Å². The third kappa shape index (κ3) is 17.3. The number of aliphatic carboxylic acids is 1. The first-order valence-corrected chi connectivity index (χ1v) is 8.67. The summed E-state index contributed by atoms with van der Waals surface area (Å²) in [5.41, 5.74) is 0. The molecule has 3 N–H and O–H groups in total. The molecule has 0 aliphatic carbocycles. The minimum absolute atomic E-state index is 0.158. The van der Waals surface area contributed by atoms with Crippen LogP contribution in [0.2, 0.25) is 0 Å². The van der Waals surface area contributed by atoms with Crippen molar-refractivity contribution >= 4 is 5.97 Å². The first kappa shape index (κ1) is 20.4. The van der Waals surface area contributed by atoms with Gasteiger partial charge in [-0.3, -0.25) is 4.79 Å². The zero-order chi connectivity index (χ0) is 15.8. The lowest BCUT2D eigenvalue weighted by molar-refractivity contribution is -0.137. The van der Waals surface area contributed by atoms with E-state index in [0.717, 1.165) is 83.5 Å². The Bertz CT molecular complexity index is 231. The molecule has 21 heavy (non-hydrogen) atoms. The lowest BCUT2D eigenvalue weighted by Crippen LogP contribution is -2.05. The Kier molecular flexibility index (Phi) is 15.3. The normalized spacial score (nSPS) is 12.5. The Morgan fingerprint density at radius 3 is 1.62 bits per heavy atom. The van der Waals surface area contributed by atoms with Crippen LogP contribution in [0.4, 0.5) is 0 Å². The van der Waals surface area contributed by atoms with Crippen LogP contribution in [0.5, 0.6) is 0 Å². The van der Waals surface area contributed by atoms with Crippen LogP contribution in [0.25, 0.3) is 0 Å². The molecule has 0 amide bonds. The zero-order valence-corrected chi connectivity index (χ0v) is 13.4. The van der Waals surface area contributed by atoms with Crippen LogP contribution in [0.15, 0.2) is 0 Å². The number of aliphatic hydroxyl groups excluding tert-OH is 2. The van der Waals surface area contributed by atoms with Gasteiger partial charge >= 0.3 is 5.97 Å². The monoisotopic (exact) mass is 302 g/mol. The third-order valence-corrected chi connectivity index (χ3v) is 3.87. The molecular formula is C17H34O4. The van der Waals surface area contributed by atoms with E-state index in [4.69, 9.17) is 10.2 Å². The molecule has 0 aliphatic heterocycles. The van der Waals surface area contributed by atoms with Crippen LogP contribution in [-0.2, 0) is 4.79 Å². The average molecular weight is 302 g/mol. The van der Waals surface area contributed by atoms with E-state index in [1.165, 1.54) is 0 Å². The lowest BCUT2D eigenvalue weighted by Gasteiger charge is -2.10. The van der Waals surface area contributed by atoms with Gasteiger partial charge < -0.3 is 15.3 Å². The number of aliphatic hydroxyl groups is 2. The van der Waals surface area contributed by atoms with Crippen LogP contribution in [0.3, 0.4) is 0 Å². The van der Waals surface area contributed by atoms with E-state index in [1.807, 2.05) is 0 Å². The molecule has 0 radical (unpaired) electrons. The summed E-state index contributed by atoms with van der Waals surface area (Å²) >= 11 is 0. The van der Waals surface area contributed by atoms with Crippen LogP contribution < -0.4 is 0 Å². The van der Waals surface area contributed by atoms with Crippen molar-refractivity contribution in [2.45, 2.75) is 96.0 Å². The summed E-state index contributed by atoms with van der Waals surface area (Å²) in [6, 6.07) is 0. The van der Waals surface area contributed by atoms with Crippen LogP contribution in [0.1, 0.15) is 89.9 Å². The number of unbranched alkanes of at least 4 members (excludes halogenated alkanes) is 9. The summed E-state index contributed by atoms with van der Waals surface area (Å²) in [6.45, 7) is 0.291. The molecule has 4 nitrogen and oxygen atoms in total. The lowest BCUT2D eigenvalue weighted by atomic mass is 10.0. The van der Waals surface area contributed by atoms with Crippen molar-refractivity contribution in [3.05, 3.63) is 0 Å². The minimum Gasteiger partial charge on any atom is -0.481 e. The van der Waals surface area contributed by atoms with Crippen LogP contribution in [0, 0.1) is 0 Å². The molecule has 0 aromatic heterocycles. The molecule has 0 rings (SSSR count). The first-order chi connectivity index (χ1) is 10.2. The van der Waals surface area contributed by atoms with Crippen molar-refractivity contribution in [3.8, 4) is 0 Å². The molecule has 126 valence electrons. The van der Waals surface area contributed by atoms with E-state index in [-0.39, 0.29) is 12.5 Å². The smallest absolute Gasteiger partial charge is 0.303 e. The van der Waals surface area contributed by atoms with Crippen LogP contribution >= 0.6 is 0 Å². The summed E-state index contributed by atoms with van der Waals surface area (Å²) in [7, 11) is 0. The minimum atomic E-state index is -0.700. The van der Waals surface area contributed by atoms with Crippen molar-refractivity contribution in [1.82, 2.24) is 0 Å². The Morgan fingerprint density at radius 1 is 0.714 bits per heavy atom. The standard InChI is InChI=1S/C17H34O4/c18-15-11-7-3-5-9-13-16(19)12-8-4-1-2-6-10-14-17(20)21/h16,18-19H,1-15H2,(H,20,21)/t16-/m1/s1. The fraction of sp³-hybridized carbons (Fsp3) is 0.941. The molecule has 0 unspecified atom stereocenters. The number of hydrogen-bond acceptors (Lipinski definition) is 3. The molecule has 0 aliphatic rings. The van der Waals surface area contributed by atoms with Crippen molar-refractivity contribution in [2.24, 2.45) is 0 Å². The summed E-state index contributed by atoms with van der Waals surface area (Å²) in [5, 5.41) is 27.0. The largest absolute Gasteiger partial charge is 0.481 e. The molecular weight excluding hydrogens is 268 g/mol. The average Bonchev–Trinajstić information content (AvgIpc) is 2.45. The van der Waals surface area contributed by atoms with Gasteiger partial charge in [-0.1, -0.05) is 57.8 Å². The highest BCUT2D eigenvalue weighted by molar-refractivity contribution is 5.66. The first-order valence-electron chi connectivity index (χ1n) is 8.67. The maximum absolute atomic E-state index is 10.3. The Morgan fingerprint density at radius 2 is 1.14 bits per heavy atom. The van der Waals surface area contributed by atoms with E-state index < -0.39 is 5.97 Å². The quantitative estimate of drug-likeness (QED) is 0.378. The second kappa shape index (κ2) is 15.8. The fourth-order valence-electron chi connectivity index (χ4n) is 2.53. The van der Waals surface area contributed by atoms with Gasteiger partial charge in [-0.05, 0) is 25.7 Å². The number of carbonyl (C=O) groups is 1. The van der Waals surface area contributed by atoms with E-state index in [0.29, 0.717) is 6.61 Å². The molecule has 0 saturated carbocycles.